The summed E-state index contributed by atoms with van der Waals surface area (Å²) in [6.45, 7) is 0.797. The molecular formula is C17H17ClFN3S. The van der Waals surface area contributed by atoms with Gasteiger partial charge >= 0.3 is 0 Å². The Kier molecular flexibility index (Phi) is 5.08. The molecule has 1 heterocycles. The van der Waals surface area contributed by atoms with E-state index in [0.717, 1.165) is 29.7 Å². The lowest BCUT2D eigenvalue weighted by molar-refractivity contribution is 0.637. The summed E-state index contributed by atoms with van der Waals surface area (Å²) in [5.41, 5.74) is 1.89. The highest BCUT2D eigenvalue weighted by molar-refractivity contribution is 7.98. The molecular weight excluding hydrogens is 333 g/mol. The molecule has 3 nitrogen and oxygen atoms in total. The number of H-pyrrole nitrogens is 1. The third-order valence-corrected chi connectivity index (χ3v) is 4.71. The fraction of sp³-hybridized carbons (Fsp3) is 0.235. The van der Waals surface area contributed by atoms with E-state index >= 15 is 0 Å². The fourth-order valence-corrected chi connectivity index (χ4v) is 3.17. The average Bonchev–Trinajstić information content (AvgIpc) is 2.99. The molecule has 0 saturated heterocycles. The van der Waals surface area contributed by atoms with Crippen molar-refractivity contribution in [3.05, 3.63) is 47.2 Å². The molecule has 0 aliphatic rings. The zero-order valence-electron chi connectivity index (χ0n) is 12.7. The van der Waals surface area contributed by atoms with Crippen LogP contribution in [0.25, 0.3) is 22.0 Å². The Labute approximate surface area is 143 Å². The van der Waals surface area contributed by atoms with Gasteiger partial charge in [-0.1, -0.05) is 41.9 Å². The molecule has 0 aliphatic heterocycles. The number of aromatic nitrogens is 2. The number of hydrogen-bond donors (Lipinski definition) is 2. The highest BCUT2D eigenvalue weighted by Crippen LogP contribution is 2.36. The van der Waals surface area contributed by atoms with Crippen LogP contribution in [0.2, 0.25) is 5.02 Å². The lowest BCUT2D eigenvalue weighted by Gasteiger charge is -2.08. The van der Waals surface area contributed by atoms with E-state index in [9.17, 15) is 4.39 Å². The third-order valence-electron chi connectivity index (χ3n) is 3.64. The van der Waals surface area contributed by atoms with Crippen molar-refractivity contribution in [3.63, 3.8) is 0 Å². The molecule has 0 bridgehead atoms. The monoisotopic (exact) mass is 349 g/mol. The highest BCUT2D eigenvalue weighted by atomic mass is 35.5. The molecule has 0 amide bonds. The van der Waals surface area contributed by atoms with Crippen molar-refractivity contribution in [1.29, 1.82) is 0 Å². The van der Waals surface area contributed by atoms with Gasteiger partial charge in [0.05, 0.1) is 5.02 Å². The van der Waals surface area contributed by atoms with Crippen LogP contribution < -0.4 is 5.32 Å². The largest absolute Gasteiger partial charge is 0.368 e. The van der Waals surface area contributed by atoms with Gasteiger partial charge in [0.15, 0.2) is 11.6 Å². The number of nitrogens with one attached hydrogen (secondary N) is 2. The predicted molar refractivity (Wildman–Crippen MR) is 98.0 cm³/mol. The maximum Gasteiger partial charge on any atom is 0.168 e. The summed E-state index contributed by atoms with van der Waals surface area (Å²) < 4.78 is 14.6. The molecule has 0 radical (unpaired) electrons. The van der Waals surface area contributed by atoms with Crippen molar-refractivity contribution in [1.82, 2.24) is 10.2 Å². The Bertz CT molecular complexity index is 804. The third kappa shape index (κ3) is 3.31. The van der Waals surface area contributed by atoms with Crippen LogP contribution in [-0.4, -0.2) is 28.8 Å². The Hall–Kier alpha value is -1.72. The van der Waals surface area contributed by atoms with E-state index in [1.165, 1.54) is 0 Å². The van der Waals surface area contributed by atoms with E-state index < -0.39 is 5.82 Å². The topological polar surface area (TPSA) is 40.7 Å². The molecule has 120 valence electrons. The van der Waals surface area contributed by atoms with Crippen LogP contribution in [0.3, 0.4) is 0 Å². The number of thioether (sulfide) groups is 1. The number of nitrogens with zero attached hydrogens (tertiary/aromatic N) is 1. The van der Waals surface area contributed by atoms with Crippen molar-refractivity contribution in [2.45, 2.75) is 6.42 Å². The summed E-state index contributed by atoms with van der Waals surface area (Å²) in [6.07, 6.45) is 3.10. The molecule has 3 aromatic rings. The smallest absolute Gasteiger partial charge is 0.168 e. The van der Waals surface area contributed by atoms with Gasteiger partial charge in [0.2, 0.25) is 0 Å². The second kappa shape index (κ2) is 7.23. The molecule has 2 N–H and O–H groups in total. The normalized spacial score (nSPS) is 11.1. The number of hydrogen-bond acceptors (Lipinski definition) is 3. The van der Waals surface area contributed by atoms with Gasteiger partial charge in [0.25, 0.3) is 0 Å². The molecule has 6 heteroatoms. The van der Waals surface area contributed by atoms with Gasteiger partial charge in [-0.2, -0.15) is 16.9 Å². The van der Waals surface area contributed by atoms with E-state index in [-0.39, 0.29) is 5.02 Å². The lowest BCUT2D eigenvalue weighted by atomic mass is 10.0. The van der Waals surface area contributed by atoms with Crippen molar-refractivity contribution < 1.29 is 4.39 Å². The van der Waals surface area contributed by atoms with Gasteiger partial charge in [-0.15, -0.1) is 0 Å². The zero-order chi connectivity index (χ0) is 16.2. The predicted octanol–water partition coefficient (Wildman–Crippen LogP) is 5.19. The van der Waals surface area contributed by atoms with Crippen LogP contribution in [0.4, 0.5) is 10.2 Å². The zero-order valence-corrected chi connectivity index (χ0v) is 14.3. The Morgan fingerprint density at radius 1 is 1.30 bits per heavy atom. The number of anilines is 1. The molecule has 0 spiro atoms. The van der Waals surface area contributed by atoms with Crippen molar-refractivity contribution >= 4 is 40.1 Å². The SMILES string of the molecule is CSCCCNc1n[nH]c2c(F)c(Cl)c(-c3ccccc3)cc12. The Morgan fingerprint density at radius 3 is 2.83 bits per heavy atom. The molecule has 0 unspecified atom stereocenters. The number of halogens is 2. The van der Waals surface area contributed by atoms with Gasteiger partial charge < -0.3 is 5.32 Å². The van der Waals surface area contributed by atoms with E-state index in [0.29, 0.717) is 16.9 Å². The minimum atomic E-state index is -0.465. The lowest BCUT2D eigenvalue weighted by Crippen LogP contribution is -2.03. The molecule has 0 aliphatic carbocycles. The van der Waals surface area contributed by atoms with E-state index in [2.05, 4.69) is 21.8 Å². The molecule has 0 saturated carbocycles. The second-order valence-electron chi connectivity index (χ2n) is 5.19. The van der Waals surface area contributed by atoms with Crippen LogP contribution >= 0.6 is 23.4 Å². The highest BCUT2D eigenvalue weighted by Gasteiger charge is 2.17. The summed E-state index contributed by atoms with van der Waals surface area (Å²) in [4.78, 5) is 0. The fourth-order valence-electron chi connectivity index (χ4n) is 2.48. The Morgan fingerprint density at radius 2 is 2.09 bits per heavy atom. The van der Waals surface area contributed by atoms with Crippen LogP contribution in [0.1, 0.15) is 6.42 Å². The van der Waals surface area contributed by atoms with Crippen LogP contribution in [-0.2, 0) is 0 Å². The molecule has 0 fully saturated rings. The summed E-state index contributed by atoms with van der Waals surface area (Å²) in [5, 5.41) is 11.0. The molecule has 23 heavy (non-hydrogen) atoms. The molecule has 3 rings (SSSR count). The first-order valence-corrected chi connectivity index (χ1v) is 9.14. The van der Waals surface area contributed by atoms with Gasteiger partial charge in [-0.05, 0) is 30.1 Å². The summed E-state index contributed by atoms with van der Waals surface area (Å²) in [6, 6.07) is 11.4. The summed E-state index contributed by atoms with van der Waals surface area (Å²) in [5.74, 6) is 1.27. The standard InChI is InChI=1S/C17H17ClFN3S/c1-23-9-5-8-20-17-13-10-12(11-6-3-2-4-7-11)14(18)15(19)16(13)21-22-17/h2-4,6-7,10H,5,8-9H2,1H3,(H2,20,21,22). The van der Waals surface area contributed by atoms with E-state index in [4.69, 9.17) is 11.6 Å². The number of benzene rings is 2. The quantitative estimate of drug-likeness (QED) is 0.602. The minimum absolute atomic E-state index is 0.112. The van der Waals surface area contributed by atoms with Crippen molar-refractivity contribution in [2.24, 2.45) is 0 Å². The molecule has 2 aromatic carbocycles. The number of rotatable bonds is 6. The Balaban J connectivity index is 2.01. The first-order chi connectivity index (χ1) is 11.2. The van der Waals surface area contributed by atoms with Crippen LogP contribution in [0.5, 0.6) is 0 Å². The maximum absolute atomic E-state index is 14.6. The van der Waals surface area contributed by atoms with Gasteiger partial charge in [0, 0.05) is 17.5 Å². The van der Waals surface area contributed by atoms with Gasteiger partial charge in [-0.3, -0.25) is 5.10 Å². The van der Waals surface area contributed by atoms with E-state index in [1.54, 1.807) is 11.8 Å². The molecule has 1 aromatic heterocycles. The van der Waals surface area contributed by atoms with Crippen LogP contribution in [0.15, 0.2) is 36.4 Å². The average molecular weight is 350 g/mol. The summed E-state index contributed by atoms with van der Waals surface area (Å²) >= 11 is 8.02. The van der Waals surface area contributed by atoms with Crippen molar-refractivity contribution in [2.75, 3.05) is 23.9 Å². The maximum atomic E-state index is 14.6. The van der Waals surface area contributed by atoms with Crippen molar-refractivity contribution in [3.8, 4) is 11.1 Å². The van der Waals surface area contributed by atoms with E-state index in [1.807, 2.05) is 36.4 Å². The summed E-state index contributed by atoms with van der Waals surface area (Å²) in [7, 11) is 0. The number of aromatic amines is 1. The van der Waals surface area contributed by atoms with Crippen LogP contribution in [0, 0.1) is 5.82 Å². The first kappa shape index (κ1) is 16.1. The second-order valence-corrected chi connectivity index (χ2v) is 6.55. The van der Waals surface area contributed by atoms with Gasteiger partial charge in [0.1, 0.15) is 5.52 Å². The van der Waals surface area contributed by atoms with Gasteiger partial charge in [-0.25, -0.2) is 4.39 Å². The first-order valence-electron chi connectivity index (χ1n) is 7.36. The molecule has 0 atom stereocenters. The minimum Gasteiger partial charge on any atom is -0.368 e. The number of fused-ring (bicyclic) bond motifs is 1.